The highest BCUT2D eigenvalue weighted by molar-refractivity contribution is 6.00. The van der Waals surface area contributed by atoms with Gasteiger partial charge in [-0.1, -0.05) is 31.0 Å². The molecule has 0 saturated heterocycles. The second kappa shape index (κ2) is 8.11. The number of imidazole rings is 1. The minimum absolute atomic E-state index is 0.0366. The van der Waals surface area contributed by atoms with E-state index in [2.05, 4.69) is 27.2 Å². The zero-order chi connectivity index (χ0) is 16.8. The number of carbonyl (C=O) groups excluding carboxylic acids is 1. The lowest BCUT2D eigenvalue weighted by Gasteiger charge is -2.23. The number of amides is 1. The molecule has 0 aliphatic heterocycles. The number of nitrogens with zero attached hydrogens (tertiary/aromatic N) is 2. The van der Waals surface area contributed by atoms with Gasteiger partial charge in [0.2, 0.25) is 0 Å². The summed E-state index contributed by atoms with van der Waals surface area (Å²) in [5.41, 5.74) is 1.50. The van der Waals surface area contributed by atoms with Gasteiger partial charge in [0, 0.05) is 30.5 Å². The summed E-state index contributed by atoms with van der Waals surface area (Å²) in [6.07, 6.45) is 9.79. The molecule has 128 valence electrons. The van der Waals surface area contributed by atoms with E-state index in [-0.39, 0.29) is 5.91 Å². The van der Waals surface area contributed by atoms with Crippen LogP contribution >= 0.6 is 0 Å². The zero-order valence-electron chi connectivity index (χ0n) is 14.3. The number of nitrogens with one attached hydrogen (secondary N) is 2. The summed E-state index contributed by atoms with van der Waals surface area (Å²) in [5.74, 6) is 0.687. The van der Waals surface area contributed by atoms with E-state index in [1.54, 1.807) is 12.4 Å². The summed E-state index contributed by atoms with van der Waals surface area (Å²) in [6, 6.07) is 8.31. The lowest BCUT2D eigenvalue weighted by Crippen LogP contribution is -2.33. The van der Waals surface area contributed by atoms with E-state index < -0.39 is 0 Å². The van der Waals surface area contributed by atoms with Crippen LogP contribution in [0.25, 0.3) is 11.4 Å². The molecule has 1 saturated carbocycles. The molecule has 5 nitrogen and oxygen atoms in total. The molecule has 0 atom stereocenters. The molecule has 1 aliphatic carbocycles. The summed E-state index contributed by atoms with van der Waals surface area (Å²) in [5, 5.41) is 3.04. The summed E-state index contributed by atoms with van der Waals surface area (Å²) in [7, 11) is 2.20. The van der Waals surface area contributed by atoms with E-state index in [1.807, 2.05) is 24.3 Å². The molecule has 2 N–H and O–H groups in total. The van der Waals surface area contributed by atoms with Gasteiger partial charge in [-0.05, 0) is 38.9 Å². The molecule has 2 aromatic rings. The van der Waals surface area contributed by atoms with Crippen molar-refractivity contribution in [3.8, 4) is 11.4 Å². The summed E-state index contributed by atoms with van der Waals surface area (Å²) >= 11 is 0. The molecule has 1 aromatic heterocycles. The maximum Gasteiger partial charge on any atom is 0.252 e. The van der Waals surface area contributed by atoms with Crippen molar-refractivity contribution in [2.24, 2.45) is 0 Å². The third-order valence-electron chi connectivity index (χ3n) is 4.85. The summed E-state index contributed by atoms with van der Waals surface area (Å²) in [4.78, 5) is 22.3. The van der Waals surface area contributed by atoms with Crippen molar-refractivity contribution in [3.05, 3.63) is 42.2 Å². The average molecular weight is 326 g/mol. The lowest BCUT2D eigenvalue weighted by atomic mass is 10.1. The maximum absolute atomic E-state index is 12.5. The standard InChI is InChI=1S/C19H26N4O/c1-23(15-7-2-3-8-15)14-6-11-22-19(24)17-10-5-4-9-16(17)18-20-12-13-21-18/h4-5,9-10,12-13,15H,2-3,6-8,11,14H2,1H3,(H,20,21)(H,22,24). The van der Waals surface area contributed by atoms with Crippen molar-refractivity contribution in [2.75, 3.05) is 20.1 Å². The van der Waals surface area contributed by atoms with E-state index in [9.17, 15) is 4.79 Å². The molecule has 0 unspecified atom stereocenters. The van der Waals surface area contributed by atoms with Crippen molar-refractivity contribution in [3.63, 3.8) is 0 Å². The number of carbonyl (C=O) groups is 1. The van der Waals surface area contributed by atoms with Gasteiger partial charge < -0.3 is 15.2 Å². The molecule has 5 heteroatoms. The fraction of sp³-hybridized carbons (Fsp3) is 0.474. The second-order valence-corrected chi connectivity index (χ2v) is 6.51. The molecule has 24 heavy (non-hydrogen) atoms. The van der Waals surface area contributed by atoms with Gasteiger partial charge in [-0.3, -0.25) is 4.79 Å². The van der Waals surface area contributed by atoms with E-state index in [0.717, 1.165) is 30.4 Å². The van der Waals surface area contributed by atoms with Crippen LogP contribution in [-0.2, 0) is 0 Å². The monoisotopic (exact) mass is 326 g/mol. The minimum atomic E-state index is -0.0366. The highest BCUT2D eigenvalue weighted by Crippen LogP contribution is 2.22. The van der Waals surface area contributed by atoms with Crippen molar-refractivity contribution in [1.29, 1.82) is 0 Å². The Hall–Kier alpha value is -2.14. The zero-order valence-corrected chi connectivity index (χ0v) is 14.3. The van der Waals surface area contributed by atoms with E-state index in [1.165, 1.54) is 25.7 Å². The van der Waals surface area contributed by atoms with Crippen molar-refractivity contribution in [1.82, 2.24) is 20.2 Å². The Balaban J connectivity index is 1.51. The van der Waals surface area contributed by atoms with E-state index in [0.29, 0.717) is 12.1 Å². The van der Waals surface area contributed by atoms with Crippen molar-refractivity contribution in [2.45, 2.75) is 38.1 Å². The SMILES string of the molecule is CN(CCCNC(=O)c1ccccc1-c1ncc[nH]1)C1CCCC1. The van der Waals surface area contributed by atoms with Crippen LogP contribution in [0.3, 0.4) is 0 Å². The van der Waals surface area contributed by atoms with Gasteiger partial charge in [-0.25, -0.2) is 4.98 Å². The molecule has 1 fully saturated rings. The van der Waals surface area contributed by atoms with Crippen LogP contribution in [0.5, 0.6) is 0 Å². The summed E-state index contributed by atoms with van der Waals surface area (Å²) < 4.78 is 0. The Morgan fingerprint density at radius 2 is 2.12 bits per heavy atom. The molecule has 0 spiro atoms. The third kappa shape index (κ3) is 4.03. The largest absolute Gasteiger partial charge is 0.352 e. The number of hydrogen-bond donors (Lipinski definition) is 2. The number of rotatable bonds is 7. The predicted octanol–water partition coefficient (Wildman–Crippen LogP) is 3.07. The molecule has 1 aliphatic rings. The van der Waals surface area contributed by atoms with Gasteiger partial charge in [0.25, 0.3) is 5.91 Å². The second-order valence-electron chi connectivity index (χ2n) is 6.51. The minimum Gasteiger partial charge on any atom is -0.352 e. The molecule has 1 amide bonds. The van der Waals surface area contributed by atoms with Gasteiger partial charge in [0.15, 0.2) is 0 Å². The number of benzene rings is 1. The van der Waals surface area contributed by atoms with Crippen LogP contribution in [0.1, 0.15) is 42.5 Å². The van der Waals surface area contributed by atoms with Gasteiger partial charge >= 0.3 is 0 Å². The Morgan fingerprint density at radius 3 is 2.88 bits per heavy atom. The first kappa shape index (κ1) is 16.7. The Labute approximate surface area is 143 Å². The maximum atomic E-state index is 12.5. The number of aromatic nitrogens is 2. The fourth-order valence-corrected chi connectivity index (χ4v) is 3.45. The van der Waals surface area contributed by atoms with Crippen LogP contribution in [0.2, 0.25) is 0 Å². The van der Waals surface area contributed by atoms with Crippen LogP contribution in [-0.4, -0.2) is 47.0 Å². The average Bonchev–Trinajstić information content (AvgIpc) is 3.32. The number of hydrogen-bond acceptors (Lipinski definition) is 3. The quantitative estimate of drug-likeness (QED) is 0.769. The van der Waals surface area contributed by atoms with Crippen LogP contribution in [0.15, 0.2) is 36.7 Å². The summed E-state index contributed by atoms with van der Waals surface area (Å²) in [6.45, 7) is 1.73. The molecular formula is C19H26N4O. The first-order valence-electron chi connectivity index (χ1n) is 8.83. The molecule has 0 radical (unpaired) electrons. The Kier molecular flexibility index (Phi) is 5.64. The fourth-order valence-electron chi connectivity index (χ4n) is 3.45. The van der Waals surface area contributed by atoms with Gasteiger partial charge in [0.05, 0.1) is 5.56 Å². The third-order valence-corrected chi connectivity index (χ3v) is 4.85. The van der Waals surface area contributed by atoms with E-state index in [4.69, 9.17) is 0 Å². The van der Waals surface area contributed by atoms with Crippen LogP contribution in [0, 0.1) is 0 Å². The van der Waals surface area contributed by atoms with Gasteiger partial charge in [-0.15, -0.1) is 0 Å². The smallest absolute Gasteiger partial charge is 0.252 e. The van der Waals surface area contributed by atoms with Gasteiger partial charge in [-0.2, -0.15) is 0 Å². The van der Waals surface area contributed by atoms with E-state index >= 15 is 0 Å². The molecule has 1 heterocycles. The number of aromatic amines is 1. The molecular weight excluding hydrogens is 300 g/mol. The molecule has 0 bridgehead atoms. The molecule has 1 aromatic carbocycles. The number of H-pyrrole nitrogens is 1. The molecule has 3 rings (SSSR count). The van der Waals surface area contributed by atoms with Crippen molar-refractivity contribution < 1.29 is 4.79 Å². The Bertz CT molecular complexity index is 647. The predicted molar refractivity (Wildman–Crippen MR) is 95.9 cm³/mol. The van der Waals surface area contributed by atoms with Gasteiger partial charge in [0.1, 0.15) is 5.82 Å². The lowest BCUT2D eigenvalue weighted by molar-refractivity contribution is 0.0952. The first-order valence-corrected chi connectivity index (χ1v) is 8.83. The van der Waals surface area contributed by atoms with Crippen molar-refractivity contribution >= 4 is 5.91 Å². The Morgan fingerprint density at radius 1 is 1.33 bits per heavy atom. The topological polar surface area (TPSA) is 61.0 Å². The first-order chi connectivity index (χ1) is 11.8. The highest BCUT2D eigenvalue weighted by Gasteiger charge is 2.19. The van der Waals surface area contributed by atoms with Crippen LogP contribution in [0.4, 0.5) is 0 Å². The highest BCUT2D eigenvalue weighted by atomic mass is 16.1. The van der Waals surface area contributed by atoms with Crippen LogP contribution < -0.4 is 5.32 Å². The normalized spacial score (nSPS) is 15.1.